The standard InChI is InChI=1S/C17H26N6O2/c1-11-8-22(9-12(2)25-11)10-13-3-5-23(6-4-13)17-19-15-14(7-18-21-15)16(24)20-17/h7,11-13H,3-6,8-10H2,1-2H3,(H2,18,19,20,21,24)/t11-,12-/m1/s1. The summed E-state index contributed by atoms with van der Waals surface area (Å²) in [7, 11) is 0. The topological polar surface area (TPSA) is 90.1 Å². The molecule has 2 aliphatic rings. The van der Waals surface area contributed by atoms with Crippen molar-refractivity contribution in [2.75, 3.05) is 37.6 Å². The molecule has 0 spiro atoms. The first kappa shape index (κ1) is 16.5. The molecule has 2 aliphatic heterocycles. The Kier molecular flexibility index (Phi) is 4.47. The zero-order chi connectivity index (χ0) is 17.4. The molecule has 0 radical (unpaired) electrons. The molecular formula is C17H26N6O2. The van der Waals surface area contributed by atoms with Gasteiger partial charge in [0.25, 0.3) is 5.56 Å². The Morgan fingerprint density at radius 3 is 2.68 bits per heavy atom. The molecule has 0 bridgehead atoms. The van der Waals surface area contributed by atoms with Gasteiger partial charge in [-0.3, -0.25) is 19.8 Å². The number of nitrogens with one attached hydrogen (secondary N) is 2. The molecule has 0 aromatic carbocycles. The molecule has 2 atom stereocenters. The molecule has 2 aromatic rings. The van der Waals surface area contributed by atoms with Crippen LogP contribution < -0.4 is 10.5 Å². The third-order valence-corrected chi connectivity index (χ3v) is 5.23. The zero-order valence-electron chi connectivity index (χ0n) is 14.9. The second-order valence-corrected chi connectivity index (χ2v) is 7.43. The van der Waals surface area contributed by atoms with Gasteiger partial charge in [-0.15, -0.1) is 0 Å². The molecule has 8 heteroatoms. The minimum absolute atomic E-state index is 0.132. The molecule has 2 aromatic heterocycles. The molecule has 2 fully saturated rings. The minimum Gasteiger partial charge on any atom is -0.373 e. The molecule has 0 unspecified atom stereocenters. The van der Waals surface area contributed by atoms with Gasteiger partial charge < -0.3 is 9.64 Å². The maximum absolute atomic E-state index is 12.1. The summed E-state index contributed by atoms with van der Waals surface area (Å²) in [6, 6.07) is 0. The van der Waals surface area contributed by atoms with E-state index in [2.05, 4.69) is 43.8 Å². The summed E-state index contributed by atoms with van der Waals surface area (Å²) in [5.41, 5.74) is 0.421. The molecule has 4 heterocycles. The number of rotatable bonds is 3. The van der Waals surface area contributed by atoms with Crippen molar-refractivity contribution >= 4 is 17.0 Å². The largest absolute Gasteiger partial charge is 0.373 e. The number of ether oxygens (including phenoxy) is 1. The lowest BCUT2D eigenvalue weighted by molar-refractivity contribution is -0.0720. The van der Waals surface area contributed by atoms with Crippen molar-refractivity contribution in [3.63, 3.8) is 0 Å². The van der Waals surface area contributed by atoms with Crippen molar-refractivity contribution in [1.29, 1.82) is 0 Å². The third-order valence-electron chi connectivity index (χ3n) is 5.23. The summed E-state index contributed by atoms with van der Waals surface area (Å²) in [6.45, 7) is 9.32. The quantitative estimate of drug-likeness (QED) is 0.861. The molecule has 0 aliphatic carbocycles. The van der Waals surface area contributed by atoms with Gasteiger partial charge in [0.1, 0.15) is 5.39 Å². The number of H-pyrrole nitrogens is 2. The van der Waals surface area contributed by atoms with Gasteiger partial charge in [-0.25, -0.2) is 0 Å². The summed E-state index contributed by atoms with van der Waals surface area (Å²) >= 11 is 0. The van der Waals surface area contributed by atoms with E-state index in [1.807, 2.05) is 0 Å². The van der Waals surface area contributed by atoms with Crippen molar-refractivity contribution in [3.05, 3.63) is 16.6 Å². The summed E-state index contributed by atoms with van der Waals surface area (Å²) in [4.78, 5) is 24.2. The molecule has 2 N–H and O–H groups in total. The van der Waals surface area contributed by atoms with Gasteiger partial charge in [0.15, 0.2) is 5.65 Å². The monoisotopic (exact) mass is 346 g/mol. The van der Waals surface area contributed by atoms with Crippen LogP contribution in [0.3, 0.4) is 0 Å². The Balaban J connectivity index is 1.37. The van der Waals surface area contributed by atoms with Gasteiger partial charge in [-0.1, -0.05) is 0 Å². The fourth-order valence-corrected chi connectivity index (χ4v) is 4.11. The molecule has 4 rings (SSSR count). The number of piperidine rings is 1. The van der Waals surface area contributed by atoms with Crippen LogP contribution >= 0.6 is 0 Å². The molecule has 136 valence electrons. The Hall–Kier alpha value is -1.93. The van der Waals surface area contributed by atoms with Crippen molar-refractivity contribution in [2.24, 2.45) is 5.92 Å². The van der Waals surface area contributed by atoms with Crippen molar-refractivity contribution < 1.29 is 4.74 Å². The molecule has 2 saturated heterocycles. The maximum Gasteiger partial charge on any atom is 0.263 e. The first-order valence-corrected chi connectivity index (χ1v) is 9.14. The summed E-state index contributed by atoms with van der Waals surface area (Å²) < 4.78 is 5.82. The minimum atomic E-state index is -0.132. The molecule has 25 heavy (non-hydrogen) atoms. The SMILES string of the molecule is C[C@@H]1CN(CC2CCN(c3nc4[nH]ncc4c(=O)[nH]3)CC2)C[C@@H](C)O1. The second kappa shape index (κ2) is 6.76. The highest BCUT2D eigenvalue weighted by atomic mass is 16.5. The fourth-order valence-electron chi connectivity index (χ4n) is 4.11. The number of morpholine rings is 1. The first-order valence-electron chi connectivity index (χ1n) is 9.14. The third kappa shape index (κ3) is 3.55. The van der Waals surface area contributed by atoms with E-state index in [9.17, 15) is 4.79 Å². The Morgan fingerprint density at radius 1 is 1.24 bits per heavy atom. The van der Waals surface area contributed by atoms with Crippen LogP contribution in [-0.4, -0.2) is 70.0 Å². The lowest BCUT2D eigenvalue weighted by atomic mass is 9.96. The summed E-state index contributed by atoms with van der Waals surface area (Å²) in [6.07, 6.45) is 4.38. The first-order chi connectivity index (χ1) is 12.1. The van der Waals surface area contributed by atoms with Crippen molar-refractivity contribution in [3.8, 4) is 0 Å². The van der Waals surface area contributed by atoms with Gasteiger partial charge in [0.05, 0.1) is 18.4 Å². The van der Waals surface area contributed by atoms with Crippen LogP contribution in [-0.2, 0) is 4.74 Å². The van der Waals surface area contributed by atoms with Gasteiger partial charge in [-0.2, -0.15) is 10.1 Å². The molecular weight excluding hydrogens is 320 g/mol. The number of aromatic nitrogens is 4. The van der Waals surface area contributed by atoms with E-state index in [0.717, 1.165) is 45.6 Å². The summed E-state index contributed by atoms with van der Waals surface area (Å²) in [5, 5.41) is 7.19. The molecule has 8 nitrogen and oxygen atoms in total. The smallest absolute Gasteiger partial charge is 0.263 e. The van der Waals surface area contributed by atoms with Gasteiger partial charge >= 0.3 is 0 Å². The number of fused-ring (bicyclic) bond motifs is 1. The average molecular weight is 346 g/mol. The molecule has 0 amide bonds. The highest BCUT2D eigenvalue weighted by Crippen LogP contribution is 2.23. The van der Waals surface area contributed by atoms with Gasteiger partial charge in [0, 0.05) is 32.7 Å². The van der Waals surface area contributed by atoms with E-state index < -0.39 is 0 Å². The van der Waals surface area contributed by atoms with Crippen LogP contribution in [0.1, 0.15) is 26.7 Å². The maximum atomic E-state index is 12.1. The molecule has 0 saturated carbocycles. The number of aromatic amines is 2. The number of hydrogen-bond donors (Lipinski definition) is 2. The van der Waals surface area contributed by atoms with Gasteiger partial charge in [-0.05, 0) is 32.6 Å². The summed E-state index contributed by atoms with van der Waals surface area (Å²) in [5.74, 6) is 1.34. The van der Waals surface area contributed by atoms with Gasteiger partial charge in [0.2, 0.25) is 5.95 Å². The van der Waals surface area contributed by atoms with E-state index in [-0.39, 0.29) is 5.56 Å². The average Bonchev–Trinajstić information content (AvgIpc) is 3.04. The lowest BCUT2D eigenvalue weighted by Crippen LogP contribution is -2.48. The van der Waals surface area contributed by atoms with E-state index in [1.165, 1.54) is 6.20 Å². The Morgan fingerprint density at radius 2 is 1.96 bits per heavy atom. The number of anilines is 1. The van der Waals surface area contributed by atoms with Crippen LogP contribution in [0.4, 0.5) is 5.95 Å². The number of nitrogens with zero attached hydrogens (tertiary/aromatic N) is 4. The van der Waals surface area contributed by atoms with Crippen LogP contribution in [0.2, 0.25) is 0 Å². The Labute approximate surface area is 146 Å². The van der Waals surface area contributed by atoms with E-state index >= 15 is 0 Å². The predicted molar refractivity (Wildman–Crippen MR) is 95.9 cm³/mol. The fraction of sp³-hybridized carbons (Fsp3) is 0.706. The van der Waals surface area contributed by atoms with E-state index in [0.29, 0.717) is 35.1 Å². The van der Waals surface area contributed by atoms with Crippen LogP contribution in [0, 0.1) is 5.92 Å². The predicted octanol–water partition coefficient (Wildman–Crippen LogP) is 0.972. The van der Waals surface area contributed by atoms with E-state index in [1.54, 1.807) is 0 Å². The highest BCUT2D eigenvalue weighted by Gasteiger charge is 2.27. The van der Waals surface area contributed by atoms with Crippen molar-refractivity contribution in [1.82, 2.24) is 25.1 Å². The lowest BCUT2D eigenvalue weighted by Gasteiger charge is -2.39. The zero-order valence-corrected chi connectivity index (χ0v) is 14.9. The highest BCUT2D eigenvalue weighted by molar-refractivity contribution is 5.73. The van der Waals surface area contributed by atoms with E-state index in [4.69, 9.17) is 4.74 Å². The van der Waals surface area contributed by atoms with Crippen LogP contribution in [0.15, 0.2) is 11.0 Å². The normalized spacial score (nSPS) is 26.4. The second-order valence-electron chi connectivity index (χ2n) is 7.43. The number of hydrogen-bond acceptors (Lipinski definition) is 6. The Bertz CT molecular complexity index is 769. The van der Waals surface area contributed by atoms with Crippen molar-refractivity contribution in [2.45, 2.75) is 38.9 Å². The van der Waals surface area contributed by atoms with Crippen LogP contribution in [0.5, 0.6) is 0 Å². The van der Waals surface area contributed by atoms with Crippen LogP contribution in [0.25, 0.3) is 11.0 Å².